The van der Waals surface area contributed by atoms with E-state index >= 15 is 0 Å². The summed E-state index contributed by atoms with van der Waals surface area (Å²) in [5.74, 6) is 0.960. The molecule has 28 heavy (non-hydrogen) atoms. The quantitative estimate of drug-likeness (QED) is 0.697. The van der Waals surface area contributed by atoms with Gasteiger partial charge < -0.3 is 15.8 Å². The average Bonchev–Trinajstić information content (AvgIpc) is 3.00. The Hall–Kier alpha value is -1.89. The third kappa shape index (κ3) is 12.5. The van der Waals surface area contributed by atoms with E-state index in [2.05, 4.69) is 29.6 Å². The summed E-state index contributed by atoms with van der Waals surface area (Å²) in [6.07, 6.45) is 3.89. The van der Waals surface area contributed by atoms with Gasteiger partial charge in [0.15, 0.2) is 0 Å². The van der Waals surface area contributed by atoms with E-state index in [1.54, 1.807) is 11.3 Å². The molecule has 1 aromatic rings. The lowest BCUT2D eigenvalue weighted by Gasteiger charge is -2.18. The van der Waals surface area contributed by atoms with Crippen LogP contribution in [0.5, 0.6) is 0 Å². The Morgan fingerprint density at radius 1 is 1.25 bits per heavy atom. The van der Waals surface area contributed by atoms with Crippen molar-refractivity contribution >= 4 is 35.1 Å². The summed E-state index contributed by atoms with van der Waals surface area (Å²) in [6.45, 7) is 16.7. The number of primary amides is 1. The molecule has 0 radical (unpaired) electrons. The van der Waals surface area contributed by atoms with Crippen molar-refractivity contribution in [3.63, 3.8) is 0 Å². The molecule has 3 N–H and O–H groups in total. The van der Waals surface area contributed by atoms with E-state index in [9.17, 15) is 4.79 Å². The second-order valence-corrected chi connectivity index (χ2v) is 7.02. The number of fused-ring (bicyclic) bond motifs is 1. The molecule has 1 atom stereocenters. The summed E-state index contributed by atoms with van der Waals surface area (Å²) >= 11 is 1.78. The molecule has 164 valence electrons. The van der Waals surface area contributed by atoms with Gasteiger partial charge in [-0.25, -0.2) is 0 Å². The third-order valence-electron chi connectivity index (χ3n) is 3.63. The summed E-state index contributed by atoms with van der Waals surface area (Å²) in [6, 6.07) is 0. The number of carbonyl (C=O) groups excluding carboxylic acids is 3. The smallest absolute Gasteiger partial charge is 0.292 e. The van der Waals surface area contributed by atoms with Crippen molar-refractivity contribution < 1.29 is 19.1 Å². The fourth-order valence-corrected chi connectivity index (χ4v) is 3.70. The first-order valence-electron chi connectivity index (χ1n) is 9.86. The first kappa shape index (κ1) is 30.8. The summed E-state index contributed by atoms with van der Waals surface area (Å²) < 4.78 is 3.86. The molecule has 0 aliphatic heterocycles. The van der Waals surface area contributed by atoms with Crippen molar-refractivity contribution in [3.05, 3.63) is 16.0 Å². The van der Waals surface area contributed by atoms with Gasteiger partial charge in [-0.1, -0.05) is 48.5 Å². The molecule has 1 aliphatic carbocycles. The van der Waals surface area contributed by atoms with Crippen LogP contribution in [0.1, 0.15) is 70.9 Å². The predicted molar refractivity (Wildman–Crippen MR) is 120 cm³/mol. The molecular formula is C21H40N2O4S. The number of amides is 2. The van der Waals surface area contributed by atoms with Gasteiger partial charge in [-0.2, -0.15) is 0 Å². The van der Waals surface area contributed by atoms with E-state index in [0.29, 0.717) is 6.47 Å². The maximum absolute atomic E-state index is 11.7. The minimum atomic E-state index is 0.0486. The van der Waals surface area contributed by atoms with Gasteiger partial charge in [-0.3, -0.25) is 14.4 Å². The highest BCUT2D eigenvalue weighted by Crippen LogP contribution is 2.39. The maximum Gasteiger partial charge on any atom is 0.292 e. The highest BCUT2D eigenvalue weighted by atomic mass is 32.1. The van der Waals surface area contributed by atoms with E-state index < -0.39 is 0 Å². The Morgan fingerprint density at radius 2 is 1.71 bits per heavy atom. The number of hydrogen-bond donors (Lipinski definition) is 2. The molecule has 0 saturated carbocycles. The van der Waals surface area contributed by atoms with Crippen LogP contribution in [0.25, 0.3) is 0 Å². The monoisotopic (exact) mass is 416 g/mol. The Morgan fingerprint density at radius 3 is 2.11 bits per heavy atom. The number of methoxy groups -OCH3 is 1. The summed E-state index contributed by atoms with van der Waals surface area (Å²) in [5.41, 5.74) is 6.96. The van der Waals surface area contributed by atoms with Crippen LogP contribution in [0.15, 0.2) is 0 Å². The molecule has 1 aliphatic rings. The van der Waals surface area contributed by atoms with E-state index in [1.807, 2.05) is 41.5 Å². The largest absolute Gasteiger partial charge is 0.471 e. The fourth-order valence-electron chi connectivity index (χ4n) is 2.28. The van der Waals surface area contributed by atoms with Crippen LogP contribution < -0.4 is 11.1 Å². The molecule has 0 bridgehead atoms. The Balaban J connectivity index is -0.000000480. The topological polar surface area (TPSA) is 98.5 Å². The van der Waals surface area contributed by atoms with Crippen LogP contribution in [-0.2, 0) is 32.0 Å². The first-order chi connectivity index (χ1) is 13.3. The second kappa shape index (κ2) is 19.9. The number of carbonyl (C=O) groups is 3. The lowest BCUT2D eigenvalue weighted by molar-refractivity contribution is -0.126. The number of nitrogens with one attached hydrogen (secondary N) is 1. The lowest BCUT2D eigenvalue weighted by Crippen LogP contribution is -2.17. The minimum absolute atomic E-state index is 0.0486. The first-order valence-corrected chi connectivity index (χ1v) is 10.7. The van der Waals surface area contributed by atoms with Crippen LogP contribution in [0.4, 0.5) is 5.00 Å². The van der Waals surface area contributed by atoms with Gasteiger partial charge in [0.05, 0.1) is 12.1 Å². The van der Waals surface area contributed by atoms with Crippen LogP contribution in [0.2, 0.25) is 0 Å². The Kier molecular flexibility index (Phi) is 21.9. The lowest BCUT2D eigenvalue weighted by atomic mass is 9.89. The molecule has 7 heteroatoms. The minimum Gasteiger partial charge on any atom is -0.471 e. The normalized spacial score (nSPS) is 13.3. The number of rotatable bonds is 3. The SMILES string of the molecule is CC.CC.COC=O.Cc1c(NC(=O)C(C)C)sc2c1CCC(C)C2.NC=O. The van der Waals surface area contributed by atoms with Crippen molar-refractivity contribution in [2.45, 2.75) is 74.7 Å². The molecule has 2 rings (SSSR count). The van der Waals surface area contributed by atoms with Gasteiger partial charge in [0.25, 0.3) is 6.47 Å². The van der Waals surface area contributed by atoms with Crippen molar-refractivity contribution in [1.29, 1.82) is 0 Å². The van der Waals surface area contributed by atoms with E-state index in [-0.39, 0.29) is 18.2 Å². The molecule has 1 heterocycles. The van der Waals surface area contributed by atoms with E-state index in [1.165, 1.54) is 42.4 Å². The van der Waals surface area contributed by atoms with E-state index in [0.717, 1.165) is 10.9 Å². The molecule has 1 unspecified atom stereocenters. The number of anilines is 1. The van der Waals surface area contributed by atoms with Crippen LogP contribution in [0.3, 0.4) is 0 Å². The zero-order chi connectivity index (χ0) is 22.7. The van der Waals surface area contributed by atoms with Gasteiger partial charge in [0, 0.05) is 10.8 Å². The standard InChI is InChI=1S/C14H21NOS.C2H4O2.2C2H6.CH3NO/c1-8(2)13(16)15-14-10(4)11-6-5-9(3)7-12(11)17-14;1-4-2-3;2*1-2;2-1-3/h8-9H,5-7H2,1-4H3,(H,15,16);2H,1H3;2*1-2H3;1H,(H2,2,3). The summed E-state index contributed by atoms with van der Waals surface area (Å²) in [7, 11) is 1.31. The number of nitrogens with two attached hydrogens (primary N) is 1. The Labute approximate surface area is 175 Å². The second-order valence-electron chi connectivity index (χ2n) is 5.92. The maximum atomic E-state index is 11.7. The van der Waals surface area contributed by atoms with Crippen LogP contribution in [0, 0.1) is 18.8 Å². The van der Waals surface area contributed by atoms with Gasteiger partial charge in [-0.05, 0) is 43.2 Å². The zero-order valence-electron chi connectivity index (χ0n) is 19.0. The van der Waals surface area contributed by atoms with Crippen LogP contribution in [-0.4, -0.2) is 25.9 Å². The van der Waals surface area contributed by atoms with Gasteiger partial charge in [-0.15, -0.1) is 11.3 Å². The molecule has 0 spiro atoms. The van der Waals surface area contributed by atoms with Crippen LogP contribution >= 0.6 is 11.3 Å². The molecule has 0 fully saturated rings. The highest BCUT2D eigenvalue weighted by molar-refractivity contribution is 7.16. The van der Waals surface area contributed by atoms with E-state index in [4.69, 9.17) is 9.59 Å². The van der Waals surface area contributed by atoms with Crippen molar-refractivity contribution in [1.82, 2.24) is 0 Å². The number of hydrogen-bond acceptors (Lipinski definition) is 5. The van der Waals surface area contributed by atoms with Gasteiger partial charge in [0.2, 0.25) is 12.3 Å². The molecule has 2 amide bonds. The summed E-state index contributed by atoms with van der Waals surface area (Å²) in [4.78, 5) is 30.8. The van der Waals surface area contributed by atoms with Gasteiger partial charge in [0.1, 0.15) is 0 Å². The molecular weight excluding hydrogens is 376 g/mol. The number of thiophene rings is 1. The molecule has 0 saturated heterocycles. The fraction of sp³-hybridized carbons (Fsp3) is 0.667. The van der Waals surface area contributed by atoms with Crippen molar-refractivity contribution in [3.8, 4) is 0 Å². The zero-order valence-corrected chi connectivity index (χ0v) is 19.9. The van der Waals surface area contributed by atoms with Crippen molar-refractivity contribution in [2.24, 2.45) is 17.6 Å². The molecule has 0 aromatic carbocycles. The highest BCUT2D eigenvalue weighted by Gasteiger charge is 2.22. The summed E-state index contributed by atoms with van der Waals surface area (Å²) in [5, 5.41) is 4.13. The predicted octanol–water partition coefficient (Wildman–Crippen LogP) is 4.72. The van der Waals surface area contributed by atoms with Gasteiger partial charge >= 0.3 is 0 Å². The third-order valence-corrected chi connectivity index (χ3v) is 4.91. The Bertz CT molecular complexity index is 543. The van der Waals surface area contributed by atoms with Crippen molar-refractivity contribution in [2.75, 3.05) is 12.4 Å². The molecule has 1 aromatic heterocycles. The molecule has 6 nitrogen and oxygen atoms in total. The number of ether oxygens (including phenoxy) is 1. The average molecular weight is 417 g/mol.